The number of alkyl halides is 2. The molecular formula is C22H26F2IN5O. The van der Waals surface area contributed by atoms with E-state index in [9.17, 15) is 8.78 Å². The summed E-state index contributed by atoms with van der Waals surface area (Å²) in [7, 11) is 1.66. The molecule has 1 aromatic heterocycles. The monoisotopic (exact) mass is 541 g/mol. The van der Waals surface area contributed by atoms with Crippen molar-refractivity contribution in [3.8, 4) is 11.4 Å². The normalized spacial score (nSPS) is 11.2. The van der Waals surface area contributed by atoms with Crippen molar-refractivity contribution in [3.63, 3.8) is 0 Å². The van der Waals surface area contributed by atoms with Gasteiger partial charge in [-0.3, -0.25) is 4.99 Å². The Morgan fingerprint density at radius 3 is 2.35 bits per heavy atom. The molecule has 3 aromatic rings. The van der Waals surface area contributed by atoms with E-state index in [2.05, 4.69) is 25.5 Å². The number of aryl methyl sites for hydroxylation is 1. The lowest BCUT2D eigenvalue weighted by Gasteiger charge is -2.14. The van der Waals surface area contributed by atoms with E-state index in [1.807, 2.05) is 48.9 Å². The summed E-state index contributed by atoms with van der Waals surface area (Å²) in [6.07, 6.45) is 0. The number of aromatic nitrogens is 2. The second-order valence-electron chi connectivity index (χ2n) is 6.66. The van der Waals surface area contributed by atoms with E-state index >= 15 is 0 Å². The smallest absolute Gasteiger partial charge is 0.387 e. The van der Waals surface area contributed by atoms with Crippen molar-refractivity contribution >= 4 is 29.9 Å². The fourth-order valence-corrected chi connectivity index (χ4v) is 3.18. The van der Waals surface area contributed by atoms with Crippen LogP contribution >= 0.6 is 24.0 Å². The Hall–Kier alpha value is -2.69. The average Bonchev–Trinajstić information content (AvgIpc) is 3.03. The Bertz CT molecular complexity index is 1010. The van der Waals surface area contributed by atoms with Crippen molar-refractivity contribution in [2.75, 3.05) is 7.05 Å². The highest BCUT2D eigenvalue weighted by Crippen LogP contribution is 2.20. The molecule has 6 nitrogen and oxygen atoms in total. The summed E-state index contributed by atoms with van der Waals surface area (Å²) in [4.78, 5) is 4.21. The van der Waals surface area contributed by atoms with E-state index in [1.54, 1.807) is 25.2 Å². The standard InChI is InChI=1S/C22H25F2N5O.HI/c1-15-19(16(2)29(28-15)18-10-5-4-6-11-18)14-27-22(25-3)26-13-17-9-7-8-12-20(17)30-21(23)24;/h4-12,21H,13-14H2,1-3H3,(H2,25,26,27);1H. The first kappa shape index (κ1) is 24.6. The fraction of sp³-hybridized carbons (Fsp3) is 0.273. The first-order valence-electron chi connectivity index (χ1n) is 9.57. The van der Waals surface area contributed by atoms with Crippen LogP contribution in [0.2, 0.25) is 0 Å². The lowest BCUT2D eigenvalue weighted by molar-refractivity contribution is -0.0504. The second kappa shape index (κ2) is 11.6. The van der Waals surface area contributed by atoms with Gasteiger partial charge in [-0.25, -0.2) is 4.68 Å². The molecular weight excluding hydrogens is 515 g/mol. The molecule has 0 atom stereocenters. The van der Waals surface area contributed by atoms with Crippen LogP contribution in [0.5, 0.6) is 5.75 Å². The summed E-state index contributed by atoms with van der Waals surface area (Å²) in [6, 6.07) is 16.6. The van der Waals surface area contributed by atoms with E-state index in [1.165, 1.54) is 6.07 Å². The number of hydrogen-bond acceptors (Lipinski definition) is 3. The highest BCUT2D eigenvalue weighted by molar-refractivity contribution is 14.0. The highest BCUT2D eigenvalue weighted by atomic mass is 127. The Labute approximate surface area is 197 Å². The molecule has 0 saturated carbocycles. The minimum absolute atomic E-state index is 0. The Kier molecular flexibility index (Phi) is 9.22. The maximum Gasteiger partial charge on any atom is 0.387 e. The van der Waals surface area contributed by atoms with Gasteiger partial charge in [0.15, 0.2) is 5.96 Å². The number of para-hydroxylation sites is 2. The number of nitrogens with zero attached hydrogens (tertiary/aromatic N) is 3. The maximum atomic E-state index is 12.6. The summed E-state index contributed by atoms with van der Waals surface area (Å²) in [5.41, 5.74) is 4.66. The molecule has 9 heteroatoms. The minimum atomic E-state index is -2.87. The zero-order valence-electron chi connectivity index (χ0n) is 17.6. The van der Waals surface area contributed by atoms with Crippen molar-refractivity contribution in [2.24, 2.45) is 4.99 Å². The van der Waals surface area contributed by atoms with Gasteiger partial charge in [0.05, 0.1) is 11.4 Å². The van der Waals surface area contributed by atoms with E-state index in [-0.39, 0.29) is 29.7 Å². The van der Waals surface area contributed by atoms with Gasteiger partial charge in [-0.05, 0) is 32.0 Å². The van der Waals surface area contributed by atoms with Crippen LogP contribution in [-0.2, 0) is 13.1 Å². The van der Waals surface area contributed by atoms with E-state index in [0.717, 1.165) is 22.6 Å². The highest BCUT2D eigenvalue weighted by Gasteiger charge is 2.14. The van der Waals surface area contributed by atoms with E-state index in [0.29, 0.717) is 24.6 Å². The molecule has 0 spiro atoms. The number of benzene rings is 2. The van der Waals surface area contributed by atoms with Crippen molar-refractivity contribution < 1.29 is 13.5 Å². The molecule has 0 bridgehead atoms. The van der Waals surface area contributed by atoms with Crippen LogP contribution in [0.1, 0.15) is 22.5 Å². The van der Waals surface area contributed by atoms with Crippen molar-refractivity contribution in [1.82, 2.24) is 20.4 Å². The van der Waals surface area contributed by atoms with Gasteiger partial charge in [0.2, 0.25) is 0 Å². The Balaban J connectivity index is 0.00000341. The minimum Gasteiger partial charge on any atom is -0.434 e. The lowest BCUT2D eigenvalue weighted by Crippen LogP contribution is -2.36. The lowest BCUT2D eigenvalue weighted by atomic mass is 10.2. The zero-order valence-corrected chi connectivity index (χ0v) is 19.9. The largest absolute Gasteiger partial charge is 0.434 e. The number of halogens is 3. The van der Waals surface area contributed by atoms with Crippen LogP contribution in [0, 0.1) is 13.8 Å². The van der Waals surface area contributed by atoms with Gasteiger partial charge in [0, 0.05) is 37.0 Å². The predicted octanol–water partition coefficient (Wildman–Crippen LogP) is 4.57. The summed E-state index contributed by atoms with van der Waals surface area (Å²) < 4.78 is 31.7. The molecule has 3 rings (SSSR count). The molecule has 0 aliphatic heterocycles. The molecule has 2 aromatic carbocycles. The molecule has 0 aliphatic carbocycles. The molecule has 0 saturated heterocycles. The van der Waals surface area contributed by atoms with Crippen LogP contribution in [0.3, 0.4) is 0 Å². The summed E-state index contributed by atoms with van der Waals surface area (Å²) in [5.74, 6) is 0.694. The van der Waals surface area contributed by atoms with Crippen LogP contribution in [0.15, 0.2) is 59.6 Å². The van der Waals surface area contributed by atoms with Gasteiger partial charge in [-0.1, -0.05) is 36.4 Å². The van der Waals surface area contributed by atoms with Crippen LogP contribution in [-0.4, -0.2) is 29.4 Å². The topological polar surface area (TPSA) is 63.5 Å². The summed E-state index contributed by atoms with van der Waals surface area (Å²) in [6.45, 7) is 1.95. The van der Waals surface area contributed by atoms with Crippen molar-refractivity contribution in [1.29, 1.82) is 0 Å². The third-order valence-electron chi connectivity index (χ3n) is 4.73. The van der Waals surface area contributed by atoms with Crippen molar-refractivity contribution in [3.05, 3.63) is 77.1 Å². The quantitative estimate of drug-likeness (QED) is 0.262. The average molecular weight is 541 g/mol. The first-order chi connectivity index (χ1) is 14.5. The molecule has 0 fully saturated rings. The van der Waals surface area contributed by atoms with Crippen LogP contribution < -0.4 is 15.4 Å². The van der Waals surface area contributed by atoms with Gasteiger partial charge in [0.25, 0.3) is 0 Å². The molecule has 166 valence electrons. The Morgan fingerprint density at radius 1 is 1.03 bits per heavy atom. The second-order valence-corrected chi connectivity index (χ2v) is 6.66. The molecule has 31 heavy (non-hydrogen) atoms. The number of nitrogens with one attached hydrogen (secondary N) is 2. The van der Waals surface area contributed by atoms with Gasteiger partial charge in [0.1, 0.15) is 5.75 Å². The van der Waals surface area contributed by atoms with Gasteiger partial charge in [-0.15, -0.1) is 24.0 Å². The summed E-state index contributed by atoms with van der Waals surface area (Å²) >= 11 is 0. The summed E-state index contributed by atoms with van der Waals surface area (Å²) in [5, 5.41) is 11.0. The van der Waals surface area contributed by atoms with Gasteiger partial charge in [-0.2, -0.15) is 13.9 Å². The molecule has 0 radical (unpaired) electrons. The number of hydrogen-bond donors (Lipinski definition) is 2. The molecule has 0 unspecified atom stereocenters. The van der Waals surface area contributed by atoms with Gasteiger partial charge >= 0.3 is 6.61 Å². The maximum absolute atomic E-state index is 12.6. The molecule has 1 heterocycles. The van der Waals surface area contributed by atoms with E-state index < -0.39 is 6.61 Å². The third-order valence-corrected chi connectivity index (χ3v) is 4.73. The molecule has 0 amide bonds. The van der Waals surface area contributed by atoms with Gasteiger partial charge < -0.3 is 15.4 Å². The Morgan fingerprint density at radius 2 is 1.68 bits per heavy atom. The third kappa shape index (κ3) is 6.39. The SMILES string of the molecule is CN=C(NCc1ccccc1OC(F)F)NCc1c(C)nn(-c2ccccc2)c1C.I. The number of aliphatic imine (C=N–C) groups is 1. The van der Waals surface area contributed by atoms with Crippen LogP contribution in [0.4, 0.5) is 8.78 Å². The van der Waals surface area contributed by atoms with E-state index in [4.69, 9.17) is 0 Å². The molecule has 0 aliphatic rings. The molecule has 2 N–H and O–H groups in total. The first-order valence-corrected chi connectivity index (χ1v) is 9.57. The van der Waals surface area contributed by atoms with Crippen LogP contribution in [0.25, 0.3) is 5.69 Å². The fourth-order valence-electron chi connectivity index (χ4n) is 3.18. The predicted molar refractivity (Wildman–Crippen MR) is 129 cm³/mol. The number of rotatable bonds is 7. The number of ether oxygens (including phenoxy) is 1. The zero-order chi connectivity index (χ0) is 21.5. The van der Waals surface area contributed by atoms with Crippen molar-refractivity contribution in [2.45, 2.75) is 33.5 Å². The number of guanidine groups is 1.